The number of esters is 1. The van der Waals surface area contributed by atoms with Crippen LogP contribution in [0.3, 0.4) is 0 Å². The number of carbonyl (C=O) groups is 1. The molecule has 33 heavy (non-hydrogen) atoms. The Morgan fingerprint density at radius 1 is 1.33 bits per heavy atom. The number of methoxy groups -OCH3 is 1. The molecule has 0 spiro atoms. The topological polar surface area (TPSA) is 87.6 Å². The van der Waals surface area contributed by atoms with Crippen LogP contribution in [-0.4, -0.2) is 34.4 Å². The zero-order chi connectivity index (χ0) is 23.4. The number of hydrogen-bond acceptors (Lipinski definition) is 5. The number of aromatic hydroxyl groups is 1. The predicted molar refractivity (Wildman–Crippen MR) is 132 cm³/mol. The fourth-order valence-corrected chi connectivity index (χ4v) is 6.84. The van der Waals surface area contributed by atoms with E-state index < -0.39 is 5.41 Å². The minimum atomic E-state index is -0.470. The Bertz CT molecular complexity index is 1280. The maximum absolute atomic E-state index is 12.8. The van der Waals surface area contributed by atoms with Gasteiger partial charge in [0, 0.05) is 16.3 Å². The number of aryl methyl sites for hydroxylation is 1. The Kier molecular flexibility index (Phi) is 5.35. The van der Waals surface area contributed by atoms with E-state index in [4.69, 9.17) is 9.72 Å². The van der Waals surface area contributed by atoms with Crippen LogP contribution in [0, 0.1) is 11.3 Å². The van der Waals surface area contributed by atoms with Gasteiger partial charge in [0.2, 0.25) is 5.95 Å². The van der Waals surface area contributed by atoms with E-state index in [0.717, 1.165) is 47.6 Å². The third-order valence-electron chi connectivity index (χ3n) is 7.96. The predicted octanol–water partition coefficient (Wildman–Crippen LogP) is 5.96. The molecule has 0 amide bonds. The molecule has 0 aliphatic heterocycles. The first-order chi connectivity index (χ1) is 15.8. The van der Waals surface area contributed by atoms with Crippen molar-refractivity contribution < 1.29 is 14.6 Å². The van der Waals surface area contributed by atoms with Crippen LogP contribution in [-0.2, 0) is 21.4 Å². The van der Waals surface area contributed by atoms with Crippen LogP contribution in [0.2, 0.25) is 0 Å². The van der Waals surface area contributed by atoms with Crippen molar-refractivity contribution in [1.82, 2.24) is 9.97 Å². The summed E-state index contributed by atoms with van der Waals surface area (Å²) >= 11 is 3.74. The van der Waals surface area contributed by atoms with Gasteiger partial charge in [-0.05, 0) is 89.2 Å². The van der Waals surface area contributed by atoms with Gasteiger partial charge in [-0.25, -0.2) is 9.98 Å². The third kappa shape index (κ3) is 3.39. The van der Waals surface area contributed by atoms with E-state index in [1.54, 1.807) is 18.3 Å². The number of phenols is 1. The Balaban J connectivity index is 1.59. The van der Waals surface area contributed by atoms with Crippen LogP contribution in [0.5, 0.6) is 5.75 Å². The second kappa shape index (κ2) is 7.97. The van der Waals surface area contributed by atoms with Crippen molar-refractivity contribution in [3.63, 3.8) is 0 Å². The third-order valence-corrected chi connectivity index (χ3v) is 8.56. The number of aromatic amines is 1. The lowest BCUT2D eigenvalue weighted by Crippen LogP contribution is -2.52. The first-order valence-electron chi connectivity index (χ1n) is 11.4. The average molecular weight is 510 g/mol. The average Bonchev–Trinajstić information content (AvgIpc) is 3.23. The summed E-state index contributed by atoms with van der Waals surface area (Å²) in [5.74, 6) is 0.812. The number of fused-ring (bicyclic) bond motifs is 5. The summed E-state index contributed by atoms with van der Waals surface area (Å²) in [4.78, 5) is 25.4. The molecular formula is C26H28BrN3O3. The Hall–Kier alpha value is -2.67. The van der Waals surface area contributed by atoms with Crippen LogP contribution < -0.4 is 0 Å². The highest BCUT2D eigenvalue weighted by molar-refractivity contribution is 9.10. The standard InChI is InChI=1S/C26H28BrN3O3/c1-25-11-6-12-26(2,23(32)33-3)20(25)10-9-16-17(25)13-18(27)22-21(16)29-24(30-22)28-14-15-7-4-5-8-19(15)31/h4-5,7-8,13-14,20,31H,6,9-12H2,1-3H3,(H,29,30)/b28-14+/t20-,25-,26-/m1/s1. The second-order valence-corrected chi connectivity index (χ2v) is 10.6. The van der Waals surface area contributed by atoms with Crippen molar-refractivity contribution in [1.29, 1.82) is 0 Å². The molecule has 0 saturated heterocycles. The summed E-state index contributed by atoms with van der Waals surface area (Å²) in [6, 6.07) is 9.28. The van der Waals surface area contributed by atoms with Crippen molar-refractivity contribution in [3.8, 4) is 5.75 Å². The number of H-pyrrole nitrogens is 1. The number of nitrogens with zero attached hydrogens (tertiary/aromatic N) is 2. The molecule has 3 atom stereocenters. The smallest absolute Gasteiger partial charge is 0.311 e. The molecule has 5 rings (SSSR count). The van der Waals surface area contributed by atoms with Crippen molar-refractivity contribution in [2.75, 3.05) is 7.11 Å². The van der Waals surface area contributed by atoms with Crippen LogP contribution in [0.1, 0.15) is 56.2 Å². The van der Waals surface area contributed by atoms with Crippen LogP contribution >= 0.6 is 15.9 Å². The number of rotatable bonds is 3. The first-order valence-corrected chi connectivity index (χ1v) is 12.2. The number of benzene rings is 2. The van der Waals surface area contributed by atoms with E-state index in [1.807, 2.05) is 12.1 Å². The normalized spacial score (nSPS) is 26.8. The molecule has 3 aromatic rings. The second-order valence-electron chi connectivity index (χ2n) is 9.76. The highest BCUT2D eigenvalue weighted by atomic mass is 79.9. The molecule has 1 heterocycles. The van der Waals surface area contributed by atoms with Gasteiger partial charge >= 0.3 is 5.97 Å². The number of hydrogen-bond donors (Lipinski definition) is 2. The van der Waals surface area contributed by atoms with Crippen molar-refractivity contribution >= 4 is 45.1 Å². The minimum absolute atomic E-state index is 0.0932. The fraction of sp³-hybridized carbons (Fsp3) is 0.423. The summed E-state index contributed by atoms with van der Waals surface area (Å²) in [6.07, 6.45) is 6.33. The maximum atomic E-state index is 12.8. The first kappa shape index (κ1) is 22.1. The summed E-state index contributed by atoms with van der Waals surface area (Å²) in [5.41, 5.74) is 4.45. The van der Waals surface area contributed by atoms with E-state index in [0.29, 0.717) is 11.5 Å². The molecule has 1 aromatic heterocycles. The van der Waals surface area contributed by atoms with Gasteiger partial charge in [-0.3, -0.25) is 4.79 Å². The number of carbonyl (C=O) groups excluding carboxylic acids is 1. The number of ether oxygens (including phenoxy) is 1. The Labute approximate surface area is 201 Å². The van der Waals surface area contributed by atoms with E-state index in [1.165, 1.54) is 18.2 Å². The number of phenolic OH excluding ortho intramolecular Hbond substituents is 1. The van der Waals surface area contributed by atoms with Gasteiger partial charge in [0.15, 0.2) is 0 Å². The van der Waals surface area contributed by atoms with E-state index in [9.17, 15) is 9.90 Å². The number of nitrogens with one attached hydrogen (secondary N) is 1. The zero-order valence-corrected chi connectivity index (χ0v) is 20.7. The van der Waals surface area contributed by atoms with E-state index in [2.05, 4.69) is 45.8 Å². The highest BCUT2D eigenvalue weighted by Crippen LogP contribution is 2.58. The maximum Gasteiger partial charge on any atom is 0.311 e. The van der Waals surface area contributed by atoms with Gasteiger partial charge in [-0.15, -0.1) is 0 Å². The number of imidazole rings is 1. The van der Waals surface area contributed by atoms with Crippen LogP contribution in [0.25, 0.3) is 11.0 Å². The van der Waals surface area contributed by atoms with Crippen molar-refractivity contribution in [3.05, 3.63) is 51.5 Å². The van der Waals surface area contributed by atoms with Gasteiger partial charge in [0.1, 0.15) is 11.3 Å². The van der Waals surface area contributed by atoms with Crippen LogP contribution in [0.15, 0.2) is 39.8 Å². The number of aliphatic imine (C=N–C) groups is 1. The SMILES string of the molecule is COC(=O)[C@]1(C)CCC[C@]2(C)c3cc(Br)c4nc(/N=C/c5ccccc5O)[nH]c4c3CC[C@@H]12. The molecule has 0 bridgehead atoms. The Morgan fingerprint density at radius 2 is 2.12 bits per heavy atom. The molecule has 1 fully saturated rings. The van der Waals surface area contributed by atoms with Crippen LogP contribution in [0.4, 0.5) is 5.95 Å². The van der Waals surface area contributed by atoms with E-state index in [-0.39, 0.29) is 23.1 Å². The quantitative estimate of drug-likeness (QED) is 0.336. The number of halogens is 1. The fourth-order valence-electron chi connectivity index (χ4n) is 6.33. The molecule has 172 valence electrons. The largest absolute Gasteiger partial charge is 0.507 e. The molecule has 6 nitrogen and oxygen atoms in total. The van der Waals surface area contributed by atoms with Gasteiger partial charge < -0.3 is 14.8 Å². The molecule has 2 aromatic carbocycles. The zero-order valence-electron chi connectivity index (χ0n) is 19.1. The van der Waals surface area contributed by atoms with Gasteiger partial charge in [0.05, 0.1) is 18.0 Å². The molecule has 2 aliphatic rings. The lowest BCUT2D eigenvalue weighted by atomic mass is 9.50. The molecule has 0 unspecified atom stereocenters. The molecular weight excluding hydrogens is 482 g/mol. The van der Waals surface area contributed by atoms with Gasteiger partial charge in [-0.1, -0.05) is 25.5 Å². The lowest BCUT2D eigenvalue weighted by Gasteiger charge is -2.54. The molecule has 1 saturated carbocycles. The monoisotopic (exact) mass is 509 g/mol. The van der Waals surface area contributed by atoms with Crippen molar-refractivity contribution in [2.45, 2.75) is 51.4 Å². The van der Waals surface area contributed by atoms with Gasteiger partial charge in [-0.2, -0.15) is 0 Å². The summed E-state index contributed by atoms with van der Waals surface area (Å²) < 4.78 is 6.17. The highest BCUT2D eigenvalue weighted by Gasteiger charge is 2.56. The molecule has 2 aliphatic carbocycles. The number of para-hydroxylation sites is 1. The number of aromatic nitrogens is 2. The summed E-state index contributed by atoms with van der Waals surface area (Å²) in [6.45, 7) is 4.39. The Morgan fingerprint density at radius 3 is 2.88 bits per heavy atom. The summed E-state index contributed by atoms with van der Waals surface area (Å²) in [7, 11) is 1.50. The van der Waals surface area contributed by atoms with E-state index >= 15 is 0 Å². The van der Waals surface area contributed by atoms with Gasteiger partial charge in [0.25, 0.3) is 0 Å². The molecule has 7 heteroatoms. The molecule has 0 radical (unpaired) electrons. The minimum Gasteiger partial charge on any atom is -0.507 e. The van der Waals surface area contributed by atoms with Crippen molar-refractivity contribution in [2.24, 2.45) is 16.3 Å². The molecule has 2 N–H and O–H groups in total. The summed E-state index contributed by atoms with van der Waals surface area (Å²) in [5, 5.41) is 10.0. The lowest BCUT2D eigenvalue weighted by molar-refractivity contribution is -0.161.